The van der Waals surface area contributed by atoms with Crippen LogP contribution >= 0.6 is 0 Å². The molecule has 2 saturated heterocycles. The molecule has 0 bridgehead atoms. The van der Waals surface area contributed by atoms with Crippen LogP contribution in [0.3, 0.4) is 0 Å². The molecule has 1 N–H and O–H groups in total. The quantitative estimate of drug-likeness (QED) is 0.793. The van der Waals surface area contributed by atoms with Gasteiger partial charge in [-0.1, -0.05) is 6.42 Å². The summed E-state index contributed by atoms with van der Waals surface area (Å²) in [5, 5.41) is 2.45. The molecule has 1 aliphatic carbocycles. The van der Waals surface area contributed by atoms with Crippen LogP contribution in [-0.2, 0) is 16.1 Å². The predicted molar refractivity (Wildman–Crippen MR) is 93.2 cm³/mol. The molecule has 1 aromatic rings. The van der Waals surface area contributed by atoms with Crippen molar-refractivity contribution in [3.8, 4) is 0 Å². The van der Waals surface area contributed by atoms with Crippen LogP contribution in [-0.4, -0.2) is 63.4 Å². The molecule has 4 rings (SSSR count). The first kappa shape index (κ1) is 17.1. The second-order valence-electron chi connectivity index (χ2n) is 7.55. The minimum absolute atomic E-state index is 0.0205. The Kier molecular flexibility index (Phi) is 4.65. The highest BCUT2D eigenvalue weighted by Crippen LogP contribution is 2.31. The Morgan fingerprint density at radius 1 is 1.23 bits per heavy atom. The SMILES string of the molecule is O=C(CN1C(=O)CNC1=O)N1CCCC(c2nccn2CC2CCC2)C1. The van der Waals surface area contributed by atoms with Crippen molar-refractivity contribution in [3.63, 3.8) is 0 Å². The molecule has 0 radical (unpaired) electrons. The number of carbonyl (C=O) groups excluding carboxylic acids is 3. The van der Waals surface area contributed by atoms with Gasteiger partial charge in [0.05, 0.1) is 6.54 Å². The van der Waals surface area contributed by atoms with Gasteiger partial charge < -0.3 is 14.8 Å². The van der Waals surface area contributed by atoms with Crippen molar-refractivity contribution in [2.45, 2.75) is 44.6 Å². The van der Waals surface area contributed by atoms with Gasteiger partial charge in [0.2, 0.25) is 5.91 Å². The van der Waals surface area contributed by atoms with Crippen molar-refractivity contribution in [2.24, 2.45) is 5.92 Å². The maximum Gasteiger partial charge on any atom is 0.325 e. The summed E-state index contributed by atoms with van der Waals surface area (Å²) in [6, 6.07) is -0.479. The summed E-state index contributed by atoms with van der Waals surface area (Å²) in [6.07, 6.45) is 9.71. The molecule has 3 aliphatic rings. The number of nitrogens with one attached hydrogen (secondary N) is 1. The van der Waals surface area contributed by atoms with Gasteiger partial charge in [-0.3, -0.25) is 14.5 Å². The van der Waals surface area contributed by atoms with Gasteiger partial charge in [0.1, 0.15) is 12.4 Å². The van der Waals surface area contributed by atoms with Gasteiger partial charge in [0.25, 0.3) is 5.91 Å². The average molecular weight is 359 g/mol. The monoisotopic (exact) mass is 359 g/mol. The molecule has 1 unspecified atom stereocenters. The van der Waals surface area contributed by atoms with Crippen LogP contribution < -0.4 is 5.32 Å². The Morgan fingerprint density at radius 3 is 2.77 bits per heavy atom. The molecule has 0 aromatic carbocycles. The zero-order chi connectivity index (χ0) is 18.1. The van der Waals surface area contributed by atoms with Crippen LogP contribution in [0.1, 0.15) is 43.8 Å². The molecule has 0 spiro atoms. The number of imide groups is 1. The number of nitrogens with zero attached hydrogens (tertiary/aromatic N) is 4. The predicted octanol–water partition coefficient (Wildman–Crippen LogP) is 0.941. The van der Waals surface area contributed by atoms with Crippen molar-refractivity contribution in [2.75, 3.05) is 26.2 Å². The fourth-order valence-corrected chi connectivity index (χ4v) is 4.05. The highest BCUT2D eigenvalue weighted by Gasteiger charge is 2.34. The zero-order valence-electron chi connectivity index (χ0n) is 14.9. The van der Waals surface area contributed by atoms with Crippen LogP contribution in [0.15, 0.2) is 12.4 Å². The molecule has 2 aliphatic heterocycles. The zero-order valence-corrected chi connectivity index (χ0v) is 14.9. The lowest BCUT2D eigenvalue weighted by molar-refractivity contribution is -0.137. The maximum absolute atomic E-state index is 12.6. The Morgan fingerprint density at radius 2 is 2.08 bits per heavy atom. The number of aromatic nitrogens is 2. The van der Waals surface area contributed by atoms with Gasteiger partial charge in [-0.05, 0) is 31.6 Å². The largest absolute Gasteiger partial charge is 0.340 e. The smallest absolute Gasteiger partial charge is 0.325 e. The van der Waals surface area contributed by atoms with E-state index in [0.29, 0.717) is 13.1 Å². The topological polar surface area (TPSA) is 87.5 Å². The maximum atomic E-state index is 12.6. The van der Waals surface area contributed by atoms with Gasteiger partial charge in [0, 0.05) is 37.9 Å². The average Bonchev–Trinajstić information content (AvgIpc) is 3.20. The van der Waals surface area contributed by atoms with Crippen molar-refractivity contribution in [1.29, 1.82) is 0 Å². The van der Waals surface area contributed by atoms with E-state index in [-0.39, 0.29) is 30.8 Å². The van der Waals surface area contributed by atoms with E-state index in [0.717, 1.165) is 36.0 Å². The van der Waals surface area contributed by atoms with Gasteiger partial charge in [-0.25, -0.2) is 9.78 Å². The third-order valence-corrected chi connectivity index (χ3v) is 5.80. The van der Waals surface area contributed by atoms with Crippen LogP contribution in [0, 0.1) is 5.92 Å². The number of hydrogen-bond donors (Lipinski definition) is 1. The lowest BCUT2D eigenvalue weighted by Gasteiger charge is -2.34. The van der Waals surface area contributed by atoms with E-state index in [1.165, 1.54) is 19.3 Å². The minimum Gasteiger partial charge on any atom is -0.340 e. The summed E-state index contributed by atoms with van der Waals surface area (Å²) in [4.78, 5) is 43.3. The van der Waals surface area contributed by atoms with Crippen LogP contribution in [0.25, 0.3) is 0 Å². The standard InChI is InChI=1S/C18H25N5O3/c24-15-9-20-18(26)23(15)12-16(25)21-7-2-5-14(11-21)17-19-6-8-22(17)10-13-3-1-4-13/h6,8,13-14H,1-5,7,9-12H2,(H,20,26). The number of hydrogen-bond acceptors (Lipinski definition) is 4. The Labute approximate surface area is 152 Å². The van der Waals surface area contributed by atoms with Crippen LogP contribution in [0.2, 0.25) is 0 Å². The molecule has 26 heavy (non-hydrogen) atoms. The molecule has 1 saturated carbocycles. The lowest BCUT2D eigenvalue weighted by atomic mass is 9.85. The van der Waals surface area contributed by atoms with Crippen molar-refractivity contribution < 1.29 is 14.4 Å². The Bertz CT molecular complexity index is 695. The first-order valence-corrected chi connectivity index (χ1v) is 9.49. The van der Waals surface area contributed by atoms with E-state index in [1.807, 2.05) is 12.4 Å². The number of imidazole rings is 1. The molecule has 8 heteroatoms. The lowest BCUT2D eigenvalue weighted by Crippen LogP contribution is -2.46. The Balaban J connectivity index is 1.39. The van der Waals surface area contributed by atoms with Gasteiger partial charge >= 0.3 is 6.03 Å². The van der Waals surface area contributed by atoms with Gasteiger partial charge in [-0.2, -0.15) is 0 Å². The van der Waals surface area contributed by atoms with E-state index in [9.17, 15) is 14.4 Å². The van der Waals surface area contributed by atoms with Crippen LogP contribution in [0.5, 0.6) is 0 Å². The molecule has 4 amide bonds. The van der Waals surface area contributed by atoms with E-state index >= 15 is 0 Å². The summed E-state index contributed by atoms with van der Waals surface area (Å²) in [5.74, 6) is 1.52. The number of carbonyl (C=O) groups is 3. The summed E-state index contributed by atoms with van der Waals surface area (Å²) in [7, 11) is 0. The third-order valence-electron chi connectivity index (χ3n) is 5.80. The number of urea groups is 1. The first-order valence-electron chi connectivity index (χ1n) is 9.49. The minimum atomic E-state index is -0.479. The Hall–Kier alpha value is -2.38. The molecule has 3 fully saturated rings. The van der Waals surface area contributed by atoms with Gasteiger partial charge in [0.15, 0.2) is 0 Å². The summed E-state index contributed by atoms with van der Waals surface area (Å²) in [5.41, 5.74) is 0. The fourth-order valence-electron chi connectivity index (χ4n) is 4.05. The van der Waals surface area contributed by atoms with Crippen molar-refractivity contribution in [1.82, 2.24) is 24.7 Å². The summed E-state index contributed by atoms with van der Waals surface area (Å²) < 4.78 is 2.25. The molecule has 1 atom stereocenters. The van der Waals surface area contributed by atoms with E-state index in [1.54, 1.807) is 4.90 Å². The molecule has 1 aromatic heterocycles. The molecule has 140 valence electrons. The number of amides is 4. The third kappa shape index (κ3) is 3.32. The molecular formula is C18H25N5O3. The summed E-state index contributed by atoms with van der Waals surface area (Å²) in [6.45, 7) is 2.09. The number of rotatable bonds is 5. The number of piperidine rings is 1. The second-order valence-corrected chi connectivity index (χ2v) is 7.55. The van der Waals surface area contributed by atoms with Gasteiger partial charge in [-0.15, -0.1) is 0 Å². The van der Waals surface area contributed by atoms with E-state index in [4.69, 9.17) is 0 Å². The number of likely N-dealkylation sites (tertiary alicyclic amines) is 1. The van der Waals surface area contributed by atoms with Crippen molar-refractivity contribution >= 4 is 17.8 Å². The van der Waals surface area contributed by atoms with Crippen LogP contribution in [0.4, 0.5) is 4.79 Å². The molecule has 3 heterocycles. The normalized spacial score (nSPS) is 23.9. The summed E-state index contributed by atoms with van der Waals surface area (Å²) >= 11 is 0. The van der Waals surface area contributed by atoms with E-state index < -0.39 is 6.03 Å². The first-order chi connectivity index (χ1) is 12.6. The highest BCUT2D eigenvalue weighted by molar-refractivity contribution is 6.04. The van der Waals surface area contributed by atoms with E-state index in [2.05, 4.69) is 14.9 Å². The highest BCUT2D eigenvalue weighted by atomic mass is 16.2. The van der Waals surface area contributed by atoms with Crippen molar-refractivity contribution in [3.05, 3.63) is 18.2 Å². The fraction of sp³-hybridized carbons (Fsp3) is 0.667. The molecule has 8 nitrogen and oxygen atoms in total. The second kappa shape index (κ2) is 7.09. The molecular weight excluding hydrogens is 334 g/mol.